The Morgan fingerprint density at radius 2 is 1.60 bits per heavy atom. The number of aromatic nitrogens is 1. The number of para-hydroxylation sites is 2. The van der Waals surface area contributed by atoms with E-state index in [1.807, 2.05) is 60.7 Å². The molecule has 0 saturated heterocycles. The smallest absolute Gasteiger partial charge is 0.356 e. The van der Waals surface area contributed by atoms with Crippen molar-refractivity contribution in [3.05, 3.63) is 102 Å². The summed E-state index contributed by atoms with van der Waals surface area (Å²) in [6.45, 7) is 15.5. The summed E-state index contributed by atoms with van der Waals surface area (Å²) in [5, 5.41) is 10.2. The van der Waals surface area contributed by atoms with Crippen LogP contribution in [-0.4, -0.2) is 38.0 Å². The van der Waals surface area contributed by atoms with Crippen molar-refractivity contribution in [2.75, 3.05) is 6.61 Å². The predicted octanol–water partition coefficient (Wildman–Crippen LogP) is 9.05. The molecule has 4 aromatic rings. The van der Waals surface area contributed by atoms with Gasteiger partial charge in [0.15, 0.2) is 23.5 Å². The normalized spacial score (nSPS) is 11.4. The zero-order valence-electron chi connectivity index (χ0n) is 24.9. The lowest BCUT2D eigenvalue weighted by Gasteiger charge is -2.28. The lowest BCUT2D eigenvalue weighted by atomic mass is 10.1. The predicted molar refractivity (Wildman–Crippen MR) is 172 cm³/mol. The van der Waals surface area contributed by atoms with E-state index in [1.54, 1.807) is 31.3 Å². The Labute approximate surface area is 253 Å². The van der Waals surface area contributed by atoms with Crippen LogP contribution in [0, 0.1) is 6.57 Å². The molecule has 10 heteroatoms. The fourth-order valence-corrected chi connectivity index (χ4v) is 6.83. The summed E-state index contributed by atoms with van der Waals surface area (Å²) in [6.07, 6.45) is 2.44. The summed E-state index contributed by atoms with van der Waals surface area (Å²) in [5.74, 6) is 0.161. The number of rotatable bonds is 10. The molecule has 0 bridgehead atoms. The maximum atomic E-state index is 11.7. The van der Waals surface area contributed by atoms with Gasteiger partial charge in [-0.2, -0.15) is 0 Å². The molecule has 0 amide bonds. The zero-order valence-corrected chi connectivity index (χ0v) is 25.9. The number of carbonyl (C=O) groups excluding carboxylic acids is 2. The number of ether oxygens (including phenoxy) is 1. The summed E-state index contributed by atoms with van der Waals surface area (Å²) in [4.78, 5) is 34.3. The third-order valence-electron chi connectivity index (χ3n) is 6.88. The van der Waals surface area contributed by atoms with Gasteiger partial charge in [0.25, 0.3) is 8.32 Å². The van der Waals surface area contributed by atoms with Gasteiger partial charge in [-0.1, -0.05) is 75.9 Å². The Balaban J connectivity index is 0.000000237. The van der Waals surface area contributed by atoms with Crippen molar-refractivity contribution in [2.24, 2.45) is 15.2 Å². The molecule has 0 N–H and O–H groups in total. The van der Waals surface area contributed by atoms with Gasteiger partial charge in [0.2, 0.25) is 0 Å². The number of nitrogens with zero attached hydrogens (tertiary/aromatic N) is 5. The van der Waals surface area contributed by atoms with Gasteiger partial charge in [-0.25, -0.2) is 4.98 Å². The molecule has 9 nitrogen and oxygen atoms in total. The van der Waals surface area contributed by atoms with Crippen LogP contribution in [0.25, 0.3) is 15.6 Å². The van der Waals surface area contributed by atoms with E-state index in [0.717, 1.165) is 35.2 Å². The van der Waals surface area contributed by atoms with Crippen LogP contribution >= 0.6 is 0 Å². The number of fused-ring (bicyclic) bond motifs is 1. The third kappa shape index (κ3) is 8.74. The first-order chi connectivity index (χ1) is 20.9. The van der Waals surface area contributed by atoms with Gasteiger partial charge >= 0.3 is 11.8 Å². The maximum absolute atomic E-state index is 11.7. The molecule has 0 spiro atoms. The lowest BCUT2D eigenvalue weighted by molar-refractivity contribution is -0.134. The Morgan fingerprint density at radius 1 is 0.907 bits per heavy atom. The minimum Gasteiger partial charge on any atom is -0.541 e. The molecular formula is C33H35N5O4Si. The van der Waals surface area contributed by atoms with Crippen molar-refractivity contribution in [1.82, 2.24) is 4.98 Å². The van der Waals surface area contributed by atoms with E-state index in [9.17, 15) is 9.59 Å². The van der Waals surface area contributed by atoms with E-state index in [1.165, 1.54) is 0 Å². The molecule has 0 aliphatic rings. The van der Waals surface area contributed by atoms with E-state index in [-0.39, 0.29) is 12.4 Å². The monoisotopic (exact) mass is 593 g/mol. The standard InChI is InChI=1S/C17H24N2O3Si.C16H11N3O/c1-6-21-17(20)16(18-5)19-14-12-10-11-13-15(14)22-23(7-2,8-3)9-4;20-11-13-9-8-12-5-1-2-6-14(12)16(13)19-18-15-7-3-4-10-17-15/h10-13H,6-9H2,1-4H3;1-11H. The largest absolute Gasteiger partial charge is 0.541 e. The molecule has 1 aromatic heterocycles. The Morgan fingerprint density at radius 3 is 2.26 bits per heavy atom. The SMILES string of the molecule is O=Cc1ccc2ccccc2c1N=Nc1ccccn1.[C-]#[N+]C(=Nc1ccccc1O[Si](CC)(CC)CC)C(=O)OCC. The number of amidine groups is 1. The number of azo groups is 1. The number of pyridine rings is 1. The van der Waals surface area contributed by atoms with E-state index in [2.05, 4.69) is 45.8 Å². The summed E-state index contributed by atoms with van der Waals surface area (Å²) in [7, 11) is -1.86. The number of carbonyl (C=O) groups is 2. The van der Waals surface area contributed by atoms with Crippen LogP contribution < -0.4 is 4.43 Å². The molecule has 220 valence electrons. The van der Waals surface area contributed by atoms with Crippen LogP contribution in [0.15, 0.2) is 100 Å². The molecule has 0 fully saturated rings. The minimum absolute atomic E-state index is 0.211. The molecule has 3 aromatic carbocycles. The van der Waals surface area contributed by atoms with Gasteiger partial charge in [0.1, 0.15) is 5.69 Å². The zero-order chi connectivity index (χ0) is 31.1. The van der Waals surface area contributed by atoms with Crippen LogP contribution in [0.3, 0.4) is 0 Å². The highest BCUT2D eigenvalue weighted by molar-refractivity contribution is 6.74. The van der Waals surface area contributed by atoms with Crippen molar-refractivity contribution in [3.63, 3.8) is 0 Å². The molecule has 43 heavy (non-hydrogen) atoms. The van der Waals surface area contributed by atoms with Crippen molar-refractivity contribution >= 4 is 54.4 Å². The van der Waals surface area contributed by atoms with Crippen molar-refractivity contribution in [2.45, 2.75) is 45.8 Å². The van der Waals surface area contributed by atoms with Crippen LogP contribution in [0.2, 0.25) is 18.1 Å². The van der Waals surface area contributed by atoms with Gasteiger partial charge in [0, 0.05) is 17.1 Å². The molecule has 0 atom stereocenters. The number of hydrogen-bond donors (Lipinski definition) is 0. The summed E-state index contributed by atoms with van der Waals surface area (Å²) in [5.41, 5.74) is 1.59. The second-order valence-corrected chi connectivity index (χ2v) is 14.0. The highest BCUT2D eigenvalue weighted by Gasteiger charge is 2.32. The van der Waals surface area contributed by atoms with Gasteiger partial charge in [-0.05, 0) is 60.8 Å². The second kappa shape index (κ2) is 16.4. The number of aldehydes is 1. The summed E-state index contributed by atoms with van der Waals surface area (Å²) < 4.78 is 11.2. The van der Waals surface area contributed by atoms with Crippen LogP contribution in [0.1, 0.15) is 38.1 Å². The first kappa shape index (κ1) is 32.5. The van der Waals surface area contributed by atoms with Gasteiger partial charge < -0.3 is 14.0 Å². The topological polar surface area (TPSA) is 107 Å². The number of hydrogen-bond acceptors (Lipinski definition) is 8. The number of esters is 1. The fourth-order valence-electron chi connectivity index (χ4n) is 4.25. The Hall–Kier alpha value is -5.01. The summed E-state index contributed by atoms with van der Waals surface area (Å²) in [6, 6.07) is 27.1. The average molecular weight is 594 g/mol. The van der Waals surface area contributed by atoms with E-state index in [4.69, 9.17) is 15.7 Å². The molecular weight excluding hydrogens is 558 g/mol. The van der Waals surface area contributed by atoms with E-state index >= 15 is 0 Å². The first-order valence-corrected chi connectivity index (χ1v) is 16.7. The van der Waals surface area contributed by atoms with Crippen molar-refractivity contribution < 1.29 is 18.8 Å². The fraction of sp³-hybridized carbons (Fsp3) is 0.242. The van der Waals surface area contributed by atoms with Crippen molar-refractivity contribution in [1.29, 1.82) is 0 Å². The minimum atomic E-state index is -1.86. The average Bonchev–Trinajstić information content (AvgIpc) is 3.06. The molecule has 0 aliphatic carbocycles. The Kier molecular flexibility index (Phi) is 12.4. The number of aliphatic imine (C=N–C) groups is 1. The van der Waals surface area contributed by atoms with Gasteiger partial charge in [-0.3, -0.25) is 9.59 Å². The lowest BCUT2D eigenvalue weighted by Crippen LogP contribution is -2.39. The quantitative estimate of drug-likeness (QED) is 0.0347. The molecule has 0 radical (unpaired) electrons. The van der Waals surface area contributed by atoms with Gasteiger partial charge in [0.05, 0.1) is 6.61 Å². The van der Waals surface area contributed by atoms with Crippen molar-refractivity contribution in [3.8, 4) is 5.75 Å². The highest BCUT2D eigenvalue weighted by Crippen LogP contribution is 2.33. The van der Waals surface area contributed by atoms with E-state index in [0.29, 0.717) is 28.5 Å². The number of benzene rings is 3. The highest BCUT2D eigenvalue weighted by atomic mass is 28.4. The van der Waals surface area contributed by atoms with Gasteiger partial charge in [-0.15, -0.1) is 15.2 Å². The maximum Gasteiger partial charge on any atom is 0.356 e. The van der Waals surface area contributed by atoms with Crippen LogP contribution in [0.4, 0.5) is 17.2 Å². The molecule has 1 heterocycles. The Bertz CT molecular complexity index is 1620. The van der Waals surface area contributed by atoms with E-state index < -0.39 is 14.3 Å². The van der Waals surface area contributed by atoms with Crippen LogP contribution in [0.5, 0.6) is 5.75 Å². The first-order valence-electron chi connectivity index (χ1n) is 14.1. The second-order valence-electron chi connectivity index (χ2n) is 9.31. The molecule has 0 unspecified atom stereocenters. The third-order valence-corrected chi connectivity index (χ3v) is 11.4. The summed E-state index contributed by atoms with van der Waals surface area (Å²) >= 11 is 0. The molecule has 4 rings (SSSR count). The molecule has 0 aliphatic heterocycles. The molecule has 0 saturated carbocycles. The van der Waals surface area contributed by atoms with Crippen LogP contribution in [-0.2, 0) is 9.53 Å².